The van der Waals surface area contributed by atoms with E-state index in [0.717, 1.165) is 11.9 Å². The number of thiazole rings is 1. The summed E-state index contributed by atoms with van der Waals surface area (Å²) >= 11 is 1.77. The summed E-state index contributed by atoms with van der Waals surface area (Å²) in [7, 11) is 3.78. The standard InChI is InChI=1S/C15H22N2OS/c1-10(2)15(18-4)12(16-3)9-14-17-11-7-5-6-8-13(11)19-14/h5-8,10,12,15-16H,9H2,1-4H3. The Morgan fingerprint density at radius 3 is 2.63 bits per heavy atom. The second-order valence-electron chi connectivity index (χ2n) is 5.12. The van der Waals surface area contributed by atoms with E-state index in [4.69, 9.17) is 9.72 Å². The molecule has 0 aliphatic carbocycles. The van der Waals surface area contributed by atoms with Gasteiger partial charge >= 0.3 is 0 Å². The Balaban J connectivity index is 2.17. The van der Waals surface area contributed by atoms with Gasteiger partial charge in [0.25, 0.3) is 0 Å². The van der Waals surface area contributed by atoms with E-state index in [0.29, 0.717) is 12.0 Å². The van der Waals surface area contributed by atoms with Gasteiger partial charge in [-0.1, -0.05) is 26.0 Å². The maximum Gasteiger partial charge on any atom is 0.0955 e. The molecule has 0 saturated carbocycles. The van der Waals surface area contributed by atoms with Crippen LogP contribution in [-0.2, 0) is 11.2 Å². The molecule has 1 aromatic carbocycles. The number of hydrogen-bond donors (Lipinski definition) is 1. The normalized spacial score (nSPS) is 15.0. The lowest BCUT2D eigenvalue weighted by atomic mass is 9.97. The van der Waals surface area contributed by atoms with Crippen molar-refractivity contribution in [1.29, 1.82) is 0 Å². The van der Waals surface area contributed by atoms with Crippen LogP contribution >= 0.6 is 11.3 Å². The number of methoxy groups -OCH3 is 1. The summed E-state index contributed by atoms with van der Waals surface area (Å²) in [4.78, 5) is 4.70. The van der Waals surface area contributed by atoms with E-state index in [1.54, 1.807) is 18.4 Å². The molecule has 2 unspecified atom stereocenters. The summed E-state index contributed by atoms with van der Waals surface area (Å²) in [6, 6.07) is 8.59. The molecule has 0 aliphatic rings. The molecule has 3 nitrogen and oxygen atoms in total. The molecule has 1 N–H and O–H groups in total. The van der Waals surface area contributed by atoms with Gasteiger partial charge in [0.15, 0.2) is 0 Å². The molecule has 0 amide bonds. The average Bonchev–Trinajstić information content (AvgIpc) is 2.80. The number of ether oxygens (including phenoxy) is 1. The molecule has 104 valence electrons. The molecule has 0 bridgehead atoms. The van der Waals surface area contributed by atoms with Gasteiger partial charge in [0, 0.05) is 19.6 Å². The maximum atomic E-state index is 5.63. The molecule has 0 saturated heterocycles. The molecule has 19 heavy (non-hydrogen) atoms. The van der Waals surface area contributed by atoms with E-state index in [-0.39, 0.29) is 6.10 Å². The fraction of sp³-hybridized carbons (Fsp3) is 0.533. The lowest BCUT2D eigenvalue weighted by Gasteiger charge is -2.28. The lowest BCUT2D eigenvalue weighted by Crippen LogP contribution is -2.43. The Bertz CT molecular complexity index is 491. The van der Waals surface area contributed by atoms with Crippen molar-refractivity contribution >= 4 is 21.6 Å². The zero-order valence-corrected chi connectivity index (χ0v) is 12.8. The predicted molar refractivity (Wildman–Crippen MR) is 81.8 cm³/mol. The number of likely N-dealkylation sites (N-methyl/N-ethyl adjacent to an activating group) is 1. The van der Waals surface area contributed by atoms with Crippen molar-refractivity contribution in [1.82, 2.24) is 10.3 Å². The molecular weight excluding hydrogens is 256 g/mol. The quantitative estimate of drug-likeness (QED) is 0.881. The van der Waals surface area contributed by atoms with Crippen LogP contribution in [0.15, 0.2) is 24.3 Å². The van der Waals surface area contributed by atoms with Crippen molar-refractivity contribution in [3.05, 3.63) is 29.3 Å². The minimum atomic E-state index is 0.206. The zero-order chi connectivity index (χ0) is 13.8. The van der Waals surface area contributed by atoms with Crippen LogP contribution < -0.4 is 5.32 Å². The summed E-state index contributed by atoms with van der Waals surface area (Å²) in [5, 5.41) is 4.54. The van der Waals surface area contributed by atoms with Crippen LogP contribution in [0.5, 0.6) is 0 Å². The second kappa shape index (κ2) is 6.46. The van der Waals surface area contributed by atoms with E-state index in [2.05, 4.69) is 37.4 Å². The number of nitrogens with one attached hydrogen (secondary N) is 1. The second-order valence-corrected chi connectivity index (χ2v) is 6.23. The van der Waals surface area contributed by atoms with Gasteiger partial charge in [0.05, 0.1) is 21.3 Å². The van der Waals surface area contributed by atoms with E-state index < -0.39 is 0 Å². The fourth-order valence-electron chi connectivity index (χ4n) is 2.48. The molecule has 4 heteroatoms. The Hall–Kier alpha value is -0.970. The van der Waals surface area contributed by atoms with Crippen LogP contribution in [0.1, 0.15) is 18.9 Å². The van der Waals surface area contributed by atoms with Crippen molar-refractivity contribution in [2.75, 3.05) is 14.2 Å². The van der Waals surface area contributed by atoms with Crippen LogP contribution in [-0.4, -0.2) is 31.3 Å². The average molecular weight is 278 g/mol. The number of benzene rings is 1. The van der Waals surface area contributed by atoms with Crippen molar-refractivity contribution in [2.24, 2.45) is 5.92 Å². The van der Waals surface area contributed by atoms with Crippen molar-refractivity contribution in [3.63, 3.8) is 0 Å². The van der Waals surface area contributed by atoms with Crippen molar-refractivity contribution in [2.45, 2.75) is 32.4 Å². The number of aromatic nitrogens is 1. The number of para-hydroxylation sites is 1. The van der Waals surface area contributed by atoms with Gasteiger partial charge in [0.1, 0.15) is 0 Å². The van der Waals surface area contributed by atoms with Gasteiger partial charge in [0.2, 0.25) is 0 Å². The summed E-state index contributed by atoms with van der Waals surface area (Å²) in [5.41, 5.74) is 1.09. The fourth-order valence-corrected chi connectivity index (χ4v) is 3.50. The third kappa shape index (κ3) is 3.32. The van der Waals surface area contributed by atoms with Gasteiger partial charge < -0.3 is 10.1 Å². The van der Waals surface area contributed by atoms with Crippen LogP contribution in [0.4, 0.5) is 0 Å². The molecular formula is C15H22N2OS. The molecule has 2 aromatic rings. The Labute approximate surface area is 119 Å². The topological polar surface area (TPSA) is 34.2 Å². The Morgan fingerprint density at radius 1 is 1.32 bits per heavy atom. The van der Waals surface area contributed by atoms with Crippen molar-refractivity contribution in [3.8, 4) is 0 Å². The first-order valence-electron chi connectivity index (χ1n) is 6.70. The SMILES string of the molecule is CNC(Cc1nc2ccccc2s1)C(OC)C(C)C. The van der Waals surface area contributed by atoms with E-state index in [9.17, 15) is 0 Å². The van der Waals surface area contributed by atoms with Crippen LogP contribution in [0, 0.1) is 5.92 Å². The van der Waals surface area contributed by atoms with Crippen LogP contribution in [0.25, 0.3) is 10.2 Å². The molecule has 2 rings (SSSR count). The van der Waals surface area contributed by atoms with Gasteiger partial charge in [-0.15, -0.1) is 11.3 Å². The molecule has 2 atom stereocenters. The van der Waals surface area contributed by atoms with E-state index >= 15 is 0 Å². The third-order valence-corrected chi connectivity index (χ3v) is 4.49. The number of hydrogen-bond acceptors (Lipinski definition) is 4. The van der Waals surface area contributed by atoms with E-state index in [1.165, 1.54) is 9.71 Å². The number of rotatable bonds is 6. The van der Waals surface area contributed by atoms with Crippen molar-refractivity contribution < 1.29 is 4.74 Å². The summed E-state index contributed by atoms with van der Waals surface area (Å²) in [5.74, 6) is 0.483. The Morgan fingerprint density at radius 2 is 2.05 bits per heavy atom. The first-order valence-corrected chi connectivity index (χ1v) is 7.52. The molecule has 0 spiro atoms. The van der Waals surface area contributed by atoms with Gasteiger partial charge in [-0.3, -0.25) is 0 Å². The molecule has 1 heterocycles. The van der Waals surface area contributed by atoms with E-state index in [1.807, 2.05) is 13.1 Å². The van der Waals surface area contributed by atoms with Gasteiger partial charge in [-0.05, 0) is 25.1 Å². The largest absolute Gasteiger partial charge is 0.380 e. The lowest BCUT2D eigenvalue weighted by molar-refractivity contribution is 0.0354. The minimum absolute atomic E-state index is 0.206. The smallest absolute Gasteiger partial charge is 0.0955 e. The van der Waals surface area contributed by atoms with Gasteiger partial charge in [-0.2, -0.15) is 0 Å². The van der Waals surface area contributed by atoms with Crippen LogP contribution in [0.3, 0.4) is 0 Å². The minimum Gasteiger partial charge on any atom is -0.380 e. The molecule has 1 aromatic heterocycles. The zero-order valence-electron chi connectivity index (χ0n) is 12.0. The molecule has 0 fully saturated rings. The highest BCUT2D eigenvalue weighted by molar-refractivity contribution is 7.18. The van der Waals surface area contributed by atoms with Gasteiger partial charge in [-0.25, -0.2) is 4.98 Å². The van der Waals surface area contributed by atoms with Crippen LogP contribution in [0.2, 0.25) is 0 Å². The first-order chi connectivity index (χ1) is 9.15. The first kappa shape index (κ1) is 14.4. The third-order valence-electron chi connectivity index (χ3n) is 3.43. The predicted octanol–water partition coefficient (Wildman–Crippen LogP) is 3.10. The highest BCUT2D eigenvalue weighted by Crippen LogP contribution is 2.24. The number of nitrogens with zero attached hydrogens (tertiary/aromatic N) is 1. The Kier molecular flexibility index (Phi) is 4.91. The summed E-state index contributed by atoms with van der Waals surface area (Å²) in [6.45, 7) is 4.38. The maximum absolute atomic E-state index is 5.63. The molecule has 0 radical (unpaired) electrons. The summed E-state index contributed by atoms with van der Waals surface area (Å²) < 4.78 is 6.88. The monoisotopic (exact) mass is 278 g/mol. The number of fused-ring (bicyclic) bond motifs is 1. The highest BCUT2D eigenvalue weighted by atomic mass is 32.1. The highest BCUT2D eigenvalue weighted by Gasteiger charge is 2.24. The molecule has 0 aliphatic heterocycles. The summed E-state index contributed by atoms with van der Waals surface area (Å²) in [6.07, 6.45) is 1.11.